The van der Waals surface area contributed by atoms with Crippen molar-refractivity contribution in [3.05, 3.63) is 29.3 Å². The quantitative estimate of drug-likeness (QED) is 0.814. The molecule has 0 unspecified atom stereocenters. The van der Waals surface area contributed by atoms with Crippen LogP contribution in [0.15, 0.2) is 23.4 Å². The first-order valence-electron chi connectivity index (χ1n) is 9.24. The van der Waals surface area contributed by atoms with Crippen molar-refractivity contribution in [3.63, 3.8) is 0 Å². The number of hydrogen-bond donors (Lipinski definition) is 1. The van der Waals surface area contributed by atoms with E-state index in [0.717, 1.165) is 23.2 Å². The van der Waals surface area contributed by atoms with Gasteiger partial charge in [0.2, 0.25) is 11.1 Å². The van der Waals surface area contributed by atoms with Crippen molar-refractivity contribution in [3.8, 4) is 5.69 Å². The second-order valence-corrected chi connectivity index (χ2v) is 8.29. The Morgan fingerprint density at radius 2 is 2.00 bits per heavy atom. The average Bonchev–Trinajstić information content (AvgIpc) is 3.05. The molecule has 0 aliphatic heterocycles. The monoisotopic (exact) mass is 373 g/mol. The summed E-state index contributed by atoms with van der Waals surface area (Å²) in [7, 11) is 0. The lowest BCUT2D eigenvalue weighted by Crippen LogP contribution is -2.44. The van der Waals surface area contributed by atoms with Crippen molar-refractivity contribution < 1.29 is 4.79 Å². The predicted molar refractivity (Wildman–Crippen MR) is 103 cm³/mol. The molecule has 1 fully saturated rings. The van der Waals surface area contributed by atoms with E-state index >= 15 is 0 Å². The van der Waals surface area contributed by atoms with Crippen molar-refractivity contribution in [2.75, 3.05) is 5.75 Å². The highest BCUT2D eigenvalue weighted by Crippen LogP contribution is 2.29. The van der Waals surface area contributed by atoms with E-state index in [1.165, 1.54) is 24.6 Å². The molecule has 26 heavy (non-hydrogen) atoms. The molecule has 0 radical (unpaired) electrons. The standard InChI is InChI=1S/C19H27N5OS/c1-12-7-6-10-16(15(12)4)20-17(25)11-26-19-21-22-23-24(19)18-13(2)8-5-9-14(18)3/h5,8-9,12,15-16H,6-7,10-11H2,1-4H3,(H,20,25)/t12-,15-,16-/m0/s1. The first-order chi connectivity index (χ1) is 12.5. The van der Waals surface area contributed by atoms with Gasteiger partial charge in [0.1, 0.15) is 0 Å². The molecular weight excluding hydrogens is 346 g/mol. The molecule has 1 amide bonds. The zero-order valence-electron chi connectivity index (χ0n) is 15.9. The number of amides is 1. The number of tetrazole rings is 1. The number of para-hydroxylation sites is 1. The third-order valence-corrected chi connectivity index (χ3v) is 6.40. The number of carbonyl (C=O) groups is 1. The summed E-state index contributed by atoms with van der Waals surface area (Å²) in [6.45, 7) is 8.59. The van der Waals surface area contributed by atoms with Crippen molar-refractivity contribution in [1.29, 1.82) is 0 Å². The molecule has 140 valence electrons. The largest absolute Gasteiger partial charge is 0.352 e. The van der Waals surface area contributed by atoms with Crippen molar-refractivity contribution in [1.82, 2.24) is 25.5 Å². The Labute approximate surface area is 159 Å². The minimum absolute atomic E-state index is 0.0528. The second kappa shape index (κ2) is 8.20. The lowest BCUT2D eigenvalue weighted by molar-refractivity contribution is -0.120. The zero-order valence-corrected chi connectivity index (χ0v) is 16.7. The first-order valence-corrected chi connectivity index (χ1v) is 10.2. The van der Waals surface area contributed by atoms with Crippen LogP contribution in [0.5, 0.6) is 0 Å². The molecule has 1 N–H and O–H groups in total. The highest BCUT2D eigenvalue weighted by atomic mass is 32.2. The first kappa shape index (κ1) is 18.9. The summed E-state index contributed by atoms with van der Waals surface area (Å²) in [5, 5.41) is 15.9. The van der Waals surface area contributed by atoms with Crippen LogP contribution in [0.4, 0.5) is 0 Å². The van der Waals surface area contributed by atoms with Gasteiger partial charge >= 0.3 is 0 Å². The highest BCUT2D eigenvalue weighted by Gasteiger charge is 2.28. The molecule has 7 heteroatoms. The molecular formula is C19H27N5OS. The Balaban J connectivity index is 1.64. The van der Waals surface area contributed by atoms with Crippen molar-refractivity contribution >= 4 is 17.7 Å². The summed E-state index contributed by atoms with van der Waals surface area (Å²) in [5.41, 5.74) is 3.19. The fourth-order valence-corrected chi connectivity index (χ4v) is 4.40. The summed E-state index contributed by atoms with van der Waals surface area (Å²) in [4.78, 5) is 12.4. The van der Waals surface area contributed by atoms with Crippen LogP contribution in [0.3, 0.4) is 0 Å². The predicted octanol–water partition coefficient (Wildman–Crippen LogP) is 3.31. The van der Waals surface area contributed by atoms with E-state index < -0.39 is 0 Å². The highest BCUT2D eigenvalue weighted by molar-refractivity contribution is 7.99. The van der Waals surface area contributed by atoms with E-state index in [2.05, 4.69) is 34.7 Å². The van der Waals surface area contributed by atoms with Gasteiger partial charge in [-0.05, 0) is 53.7 Å². The molecule has 0 spiro atoms. The average molecular weight is 374 g/mol. The Morgan fingerprint density at radius 3 is 2.73 bits per heavy atom. The molecule has 1 saturated carbocycles. The number of carbonyl (C=O) groups excluding carboxylic acids is 1. The third-order valence-electron chi connectivity index (χ3n) is 5.48. The third kappa shape index (κ3) is 4.09. The molecule has 3 atom stereocenters. The lowest BCUT2D eigenvalue weighted by atomic mass is 9.78. The van der Waals surface area contributed by atoms with E-state index in [1.54, 1.807) is 4.68 Å². The van der Waals surface area contributed by atoms with Gasteiger partial charge in [0.25, 0.3) is 0 Å². The molecule has 3 rings (SSSR count). The van der Waals surface area contributed by atoms with Crippen molar-refractivity contribution in [2.24, 2.45) is 11.8 Å². The van der Waals surface area contributed by atoms with Gasteiger partial charge in [-0.3, -0.25) is 4.79 Å². The maximum Gasteiger partial charge on any atom is 0.230 e. The fourth-order valence-electron chi connectivity index (χ4n) is 3.71. The van der Waals surface area contributed by atoms with E-state index in [0.29, 0.717) is 22.7 Å². The number of rotatable bonds is 5. The van der Waals surface area contributed by atoms with Crippen molar-refractivity contribution in [2.45, 2.75) is 58.2 Å². The van der Waals surface area contributed by atoms with Gasteiger partial charge in [0.15, 0.2) is 0 Å². The number of nitrogens with one attached hydrogen (secondary N) is 1. The van der Waals surface area contributed by atoms with E-state index in [1.807, 2.05) is 32.0 Å². The summed E-state index contributed by atoms with van der Waals surface area (Å²) < 4.78 is 1.73. The molecule has 0 bridgehead atoms. The fraction of sp³-hybridized carbons (Fsp3) is 0.579. The van der Waals surface area contributed by atoms with Crippen LogP contribution in [0, 0.1) is 25.7 Å². The van der Waals surface area contributed by atoms with Gasteiger partial charge in [-0.15, -0.1) is 5.10 Å². The minimum Gasteiger partial charge on any atom is -0.352 e. The lowest BCUT2D eigenvalue weighted by Gasteiger charge is -2.34. The Morgan fingerprint density at radius 1 is 1.27 bits per heavy atom. The Hall–Kier alpha value is -1.89. The van der Waals surface area contributed by atoms with Crippen LogP contribution in [0.1, 0.15) is 44.2 Å². The van der Waals surface area contributed by atoms with E-state index in [4.69, 9.17) is 0 Å². The number of aromatic nitrogens is 4. The number of hydrogen-bond acceptors (Lipinski definition) is 5. The van der Waals surface area contributed by atoms with Crippen LogP contribution in [0.25, 0.3) is 5.69 Å². The molecule has 0 saturated heterocycles. The van der Waals surface area contributed by atoms with E-state index in [-0.39, 0.29) is 11.9 Å². The number of benzene rings is 1. The maximum absolute atomic E-state index is 12.4. The summed E-state index contributed by atoms with van der Waals surface area (Å²) in [5.74, 6) is 1.57. The van der Waals surface area contributed by atoms with Gasteiger partial charge in [0.05, 0.1) is 11.4 Å². The molecule has 1 aliphatic rings. The number of aryl methyl sites for hydroxylation is 2. The zero-order chi connectivity index (χ0) is 18.7. The van der Waals surface area contributed by atoms with Crippen LogP contribution >= 0.6 is 11.8 Å². The van der Waals surface area contributed by atoms with Crippen LogP contribution < -0.4 is 5.32 Å². The smallest absolute Gasteiger partial charge is 0.230 e. The maximum atomic E-state index is 12.4. The van der Waals surface area contributed by atoms with Gasteiger partial charge in [-0.2, -0.15) is 4.68 Å². The number of thioether (sulfide) groups is 1. The Kier molecular flexibility index (Phi) is 5.96. The summed E-state index contributed by atoms with van der Waals surface area (Å²) in [6.07, 6.45) is 3.52. The SMILES string of the molecule is Cc1cccc(C)c1-n1nnnc1SCC(=O)N[C@H]1CCC[C@H](C)[C@@H]1C. The van der Waals surface area contributed by atoms with Crippen LogP contribution in [0.2, 0.25) is 0 Å². The molecule has 6 nitrogen and oxygen atoms in total. The van der Waals surface area contributed by atoms with Crippen LogP contribution in [-0.4, -0.2) is 37.9 Å². The van der Waals surface area contributed by atoms with E-state index in [9.17, 15) is 4.79 Å². The second-order valence-electron chi connectivity index (χ2n) is 7.34. The topological polar surface area (TPSA) is 72.7 Å². The minimum atomic E-state index is 0.0528. The van der Waals surface area contributed by atoms with Gasteiger partial charge in [0, 0.05) is 6.04 Å². The Bertz CT molecular complexity index is 755. The van der Waals surface area contributed by atoms with Gasteiger partial charge in [-0.25, -0.2) is 0 Å². The van der Waals surface area contributed by atoms with Gasteiger partial charge in [-0.1, -0.05) is 56.7 Å². The normalized spacial score (nSPS) is 23.0. The van der Waals surface area contributed by atoms with Crippen LogP contribution in [-0.2, 0) is 4.79 Å². The molecule has 2 aromatic rings. The molecule has 1 aliphatic carbocycles. The molecule has 1 heterocycles. The molecule has 1 aromatic heterocycles. The summed E-state index contributed by atoms with van der Waals surface area (Å²) >= 11 is 1.38. The molecule has 1 aromatic carbocycles. The van der Waals surface area contributed by atoms with Gasteiger partial charge < -0.3 is 5.32 Å². The summed E-state index contributed by atoms with van der Waals surface area (Å²) in [6, 6.07) is 6.38. The number of nitrogens with zero attached hydrogens (tertiary/aromatic N) is 4.